The normalized spacial score (nSPS) is 16.4. The Morgan fingerprint density at radius 2 is 1.77 bits per heavy atom. The minimum atomic E-state index is -1.82. The van der Waals surface area contributed by atoms with Gasteiger partial charge in [0.15, 0.2) is 0 Å². The third-order valence-electron chi connectivity index (χ3n) is 4.77. The molecule has 0 aromatic heterocycles. The van der Waals surface area contributed by atoms with Gasteiger partial charge < -0.3 is 19.8 Å². The van der Waals surface area contributed by atoms with Crippen LogP contribution in [0, 0.1) is 17.1 Å². The number of rotatable bonds is 5. The molecule has 1 aliphatic rings. The highest BCUT2D eigenvalue weighted by atomic mass is 79.9. The van der Waals surface area contributed by atoms with Crippen LogP contribution in [-0.4, -0.2) is 47.7 Å². The van der Waals surface area contributed by atoms with Crippen molar-refractivity contribution in [3.63, 3.8) is 0 Å². The van der Waals surface area contributed by atoms with E-state index in [4.69, 9.17) is 29.8 Å². The van der Waals surface area contributed by atoms with E-state index in [1.54, 1.807) is 12.1 Å². The molecule has 0 bridgehead atoms. The standard InChI is InChI=1S/C20H21FN2O.C2H2O4.BrH/c1-23(2)11-3-10-20(17-5-7-18(21)8-6-17)19-9-4-15(13-22)12-16(19)14-24-20;3-1(4)2(5)6;/h4-9,12H,3,10-11,14H2,1-2H3;(H,3,4)(H,5,6);1H/t20-;;/m0../s1. The van der Waals surface area contributed by atoms with Gasteiger partial charge >= 0.3 is 11.9 Å². The predicted molar refractivity (Wildman–Crippen MR) is 117 cm³/mol. The third kappa shape index (κ3) is 6.59. The molecule has 1 aliphatic heterocycles. The first kappa shape index (κ1) is 26.2. The summed E-state index contributed by atoms with van der Waals surface area (Å²) in [5.74, 6) is -3.90. The van der Waals surface area contributed by atoms with Gasteiger partial charge in [-0.2, -0.15) is 5.26 Å². The van der Waals surface area contributed by atoms with Crippen molar-refractivity contribution in [3.05, 3.63) is 70.5 Å². The fraction of sp³-hybridized carbons (Fsp3) is 0.318. The molecule has 1 heterocycles. The Morgan fingerprint density at radius 1 is 1.16 bits per heavy atom. The van der Waals surface area contributed by atoms with Crippen LogP contribution in [-0.2, 0) is 26.5 Å². The van der Waals surface area contributed by atoms with Gasteiger partial charge in [-0.15, -0.1) is 17.0 Å². The molecule has 1 atom stereocenters. The van der Waals surface area contributed by atoms with E-state index in [9.17, 15) is 4.39 Å². The summed E-state index contributed by atoms with van der Waals surface area (Å²) in [6, 6.07) is 14.5. The molecule has 0 saturated carbocycles. The number of carboxylic acids is 2. The molecule has 9 heteroatoms. The Hall–Kier alpha value is -2.80. The van der Waals surface area contributed by atoms with E-state index < -0.39 is 17.5 Å². The van der Waals surface area contributed by atoms with Crippen molar-refractivity contribution in [1.29, 1.82) is 5.26 Å². The molecule has 0 unspecified atom stereocenters. The Kier molecular flexibility index (Phi) is 9.78. The summed E-state index contributed by atoms with van der Waals surface area (Å²) >= 11 is 0. The summed E-state index contributed by atoms with van der Waals surface area (Å²) in [5.41, 5.74) is 3.18. The van der Waals surface area contributed by atoms with Crippen LogP contribution < -0.4 is 0 Å². The van der Waals surface area contributed by atoms with Crippen molar-refractivity contribution in [3.8, 4) is 6.07 Å². The van der Waals surface area contributed by atoms with E-state index in [0.717, 1.165) is 36.1 Å². The highest BCUT2D eigenvalue weighted by Gasteiger charge is 2.41. The lowest BCUT2D eigenvalue weighted by Gasteiger charge is -2.31. The lowest BCUT2D eigenvalue weighted by atomic mass is 9.81. The van der Waals surface area contributed by atoms with Crippen molar-refractivity contribution >= 4 is 28.9 Å². The van der Waals surface area contributed by atoms with Gasteiger partial charge in [0.2, 0.25) is 0 Å². The number of halogens is 2. The Morgan fingerprint density at radius 3 is 2.29 bits per heavy atom. The van der Waals surface area contributed by atoms with Crippen LogP contribution in [0.25, 0.3) is 0 Å². The fourth-order valence-corrected chi connectivity index (χ4v) is 3.41. The molecule has 0 saturated heterocycles. The smallest absolute Gasteiger partial charge is 0.414 e. The van der Waals surface area contributed by atoms with Gasteiger partial charge in [0, 0.05) is 0 Å². The molecule has 166 valence electrons. The van der Waals surface area contributed by atoms with Crippen molar-refractivity contribution in [2.24, 2.45) is 0 Å². The molecule has 0 radical (unpaired) electrons. The number of aliphatic carboxylic acids is 2. The maximum Gasteiger partial charge on any atom is 0.414 e. The van der Waals surface area contributed by atoms with E-state index in [1.807, 2.05) is 32.3 Å². The molecular formula is C22H24BrFN2O5. The van der Waals surface area contributed by atoms with E-state index in [-0.39, 0.29) is 22.8 Å². The van der Waals surface area contributed by atoms with Gasteiger partial charge in [0.25, 0.3) is 0 Å². The SMILES string of the molecule is Br.CN(C)CCC[C@@]1(c2ccc(F)cc2)OCc2cc(C#N)ccc21.O=C(O)C(=O)O. The maximum absolute atomic E-state index is 13.4. The van der Waals surface area contributed by atoms with E-state index in [2.05, 4.69) is 11.0 Å². The largest absolute Gasteiger partial charge is 0.473 e. The zero-order valence-electron chi connectivity index (χ0n) is 17.2. The summed E-state index contributed by atoms with van der Waals surface area (Å²) in [6.07, 6.45) is 1.78. The minimum absolute atomic E-state index is 0. The van der Waals surface area contributed by atoms with Gasteiger partial charge in [-0.05, 0) is 74.4 Å². The minimum Gasteiger partial charge on any atom is -0.473 e. The number of fused-ring (bicyclic) bond motifs is 1. The highest BCUT2D eigenvalue weighted by Crippen LogP contribution is 2.45. The Balaban J connectivity index is 0.000000607. The van der Waals surface area contributed by atoms with Crippen molar-refractivity contribution < 1.29 is 28.9 Å². The van der Waals surface area contributed by atoms with Crippen molar-refractivity contribution in [2.75, 3.05) is 20.6 Å². The first-order valence-corrected chi connectivity index (χ1v) is 9.24. The highest BCUT2D eigenvalue weighted by molar-refractivity contribution is 8.93. The lowest BCUT2D eigenvalue weighted by molar-refractivity contribution is -0.159. The number of nitriles is 1. The number of benzene rings is 2. The average Bonchev–Trinajstić information content (AvgIpc) is 3.07. The topological polar surface area (TPSA) is 111 Å². The van der Waals surface area contributed by atoms with Gasteiger partial charge in [-0.25, -0.2) is 14.0 Å². The van der Waals surface area contributed by atoms with Gasteiger partial charge in [-0.1, -0.05) is 18.2 Å². The molecule has 2 N–H and O–H groups in total. The molecule has 2 aromatic rings. The summed E-state index contributed by atoms with van der Waals surface area (Å²) < 4.78 is 19.6. The molecule has 0 amide bonds. The Labute approximate surface area is 190 Å². The van der Waals surface area contributed by atoms with E-state index in [1.165, 1.54) is 12.1 Å². The van der Waals surface area contributed by atoms with Crippen LogP contribution in [0.4, 0.5) is 4.39 Å². The van der Waals surface area contributed by atoms with Crippen molar-refractivity contribution in [1.82, 2.24) is 4.90 Å². The molecule has 0 spiro atoms. The number of hydrogen-bond acceptors (Lipinski definition) is 5. The summed E-state index contributed by atoms with van der Waals surface area (Å²) in [4.78, 5) is 20.3. The zero-order chi connectivity index (χ0) is 22.3. The first-order chi connectivity index (χ1) is 14.2. The van der Waals surface area contributed by atoms with Crippen LogP contribution in [0.2, 0.25) is 0 Å². The number of carboxylic acid groups (broad SMARTS) is 2. The number of hydrogen-bond donors (Lipinski definition) is 2. The number of carbonyl (C=O) groups is 2. The zero-order valence-corrected chi connectivity index (χ0v) is 18.9. The number of ether oxygens (including phenoxy) is 1. The molecule has 7 nitrogen and oxygen atoms in total. The van der Waals surface area contributed by atoms with Gasteiger partial charge in [0.1, 0.15) is 11.4 Å². The fourth-order valence-electron chi connectivity index (χ4n) is 3.41. The molecule has 31 heavy (non-hydrogen) atoms. The maximum atomic E-state index is 13.4. The van der Waals surface area contributed by atoms with Gasteiger partial charge in [-0.3, -0.25) is 0 Å². The molecular weight excluding hydrogens is 471 g/mol. The van der Waals surface area contributed by atoms with Crippen molar-refractivity contribution in [2.45, 2.75) is 25.0 Å². The van der Waals surface area contributed by atoms with Gasteiger partial charge in [0.05, 0.1) is 18.2 Å². The third-order valence-corrected chi connectivity index (χ3v) is 4.77. The Bertz CT molecular complexity index is 947. The molecule has 2 aromatic carbocycles. The quantitative estimate of drug-likeness (QED) is 0.611. The molecule has 3 rings (SSSR count). The van der Waals surface area contributed by atoms with Crippen LogP contribution in [0.3, 0.4) is 0 Å². The second-order valence-corrected chi connectivity index (χ2v) is 7.12. The predicted octanol–water partition coefficient (Wildman–Crippen LogP) is 3.55. The summed E-state index contributed by atoms with van der Waals surface area (Å²) in [5, 5.41) is 23.9. The summed E-state index contributed by atoms with van der Waals surface area (Å²) in [7, 11) is 4.10. The second kappa shape index (κ2) is 11.6. The number of nitrogens with zero attached hydrogens (tertiary/aromatic N) is 2. The lowest BCUT2D eigenvalue weighted by Crippen LogP contribution is -2.28. The van der Waals surface area contributed by atoms with Crippen LogP contribution in [0.5, 0.6) is 0 Å². The molecule has 0 aliphatic carbocycles. The van der Waals surface area contributed by atoms with Crippen LogP contribution in [0.1, 0.15) is 35.1 Å². The van der Waals surface area contributed by atoms with E-state index >= 15 is 0 Å². The van der Waals surface area contributed by atoms with Crippen LogP contribution in [0.15, 0.2) is 42.5 Å². The molecule has 0 fully saturated rings. The van der Waals surface area contributed by atoms with E-state index in [0.29, 0.717) is 12.2 Å². The van der Waals surface area contributed by atoms with Crippen LogP contribution >= 0.6 is 17.0 Å². The average molecular weight is 495 g/mol. The monoisotopic (exact) mass is 494 g/mol. The second-order valence-electron chi connectivity index (χ2n) is 7.12. The summed E-state index contributed by atoms with van der Waals surface area (Å²) in [6.45, 7) is 1.43. The first-order valence-electron chi connectivity index (χ1n) is 9.24.